The lowest BCUT2D eigenvalue weighted by atomic mass is 9.96. The summed E-state index contributed by atoms with van der Waals surface area (Å²) in [4.78, 5) is 4.46. The number of hydrogen-bond acceptors (Lipinski definition) is 2. The Hall–Kier alpha value is -2.61. The van der Waals surface area contributed by atoms with Crippen molar-refractivity contribution in [2.24, 2.45) is 0 Å². The topological polar surface area (TPSA) is 26.0 Å². The molecule has 0 radical (unpaired) electrons. The molecule has 0 fully saturated rings. The smallest absolute Gasteiger partial charge is 0.153 e. The van der Waals surface area contributed by atoms with Gasteiger partial charge >= 0.3 is 0 Å². The summed E-state index contributed by atoms with van der Waals surface area (Å²) in [5.74, 6) is 0.511. The van der Waals surface area contributed by atoms with Gasteiger partial charge in [0.25, 0.3) is 0 Å². The van der Waals surface area contributed by atoms with Gasteiger partial charge in [-0.2, -0.15) is 0 Å². The minimum atomic E-state index is 0.511. The molecule has 22 heavy (non-hydrogen) atoms. The summed E-state index contributed by atoms with van der Waals surface area (Å²) >= 11 is 0. The number of aromatic nitrogens is 1. The maximum absolute atomic E-state index is 6.08. The lowest BCUT2D eigenvalue weighted by Crippen LogP contribution is -1.88. The largest absolute Gasteiger partial charge is 0.454 e. The second-order valence-corrected chi connectivity index (χ2v) is 5.91. The summed E-state index contributed by atoms with van der Waals surface area (Å²) in [5, 5.41) is 1.07. The highest BCUT2D eigenvalue weighted by molar-refractivity contribution is 6.07. The van der Waals surface area contributed by atoms with Crippen LogP contribution in [0.3, 0.4) is 0 Å². The van der Waals surface area contributed by atoms with E-state index in [-0.39, 0.29) is 0 Å². The van der Waals surface area contributed by atoms with Gasteiger partial charge in [0, 0.05) is 17.1 Å². The molecule has 2 aromatic heterocycles. The predicted octanol–water partition coefficient (Wildman–Crippen LogP) is 5.77. The fourth-order valence-electron chi connectivity index (χ4n) is 2.91. The van der Waals surface area contributed by atoms with Gasteiger partial charge < -0.3 is 4.42 Å². The molecule has 0 unspecified atom stereocenters. The molecule has 2 nitrogen and oxygen atoms in total. The second-order valence-electron chi connectivity index (χ2n) is 5.91. The number of benzene rings is 2. The molecule has 2 aromatic carbocycles. The number of furan rings is 1. The van der Waals surface area contributed by atoms with Gasteiger partial charge in [0.15, 0.2) is 5.58 Å². The average Bonchev–Trinajstić information content (AvgIpc) is 2.93. The van der Waals surface area contributed by atoms with Crippen LogP contribution in [-0.4, -0.2) is 4.98 Å². The van der Waals surface area contributed by atoms with Gasteiger partial charge in [0.05, 0.1) is 0 Å². The van der Waals surface area contributed by atoms with Crippen LogP contribution in [0.4, 0.5) is 0 Å². The van der Waals surface area contributed by atoms with E-state index in [2.05, 4.69) is 61.3 Å². The van der Waals surface area contributed by atoms with E-state index in [9.17, 15) is 0 Å². The zero-order valence-electron chi connectivity index (χ0n) is 12.7. The Morgan fingerprint density at radius 2 is 1.82 bits per heavy atom. The van der Waals surface area contributed by atoms with Crippen LogP contribution in [0.25, 0.3) is 33.2 Å². The fraction of sp³-hybridized carbons (Fsp3) is 0.150. The van der Waals surface area contributed by atoms with E-state index in [1.165, 1.54) is 11.1 Å². The van der Waals surface area contributed by atoms with E-state index in [1.54, 1.807) is 0 Å². The molecule has 0 spiro atoms. The van der Waals surface area contributed by atoms with Crippen molar-refractivity contribution < 1.29 is 4.42 Å². The summed E-state index contributed by atoms with van der Waals surface area (Å²) in [6, 6.07) is 18.8. The van der Waals surface area contributed by atoms with Crippen LogP contribution >= 0.6 is 0 Å². The molecular formula is C20H17NO. The molecule has 0 saturated carbocycles. The first-order chi connectivity index (χ1) is 10.7. The summed E-state index contributed by atoms with van der Waals surface area (Å²) in [5.41, 5.74) is 6.33. The van der Waals surface area contributed by atoms with E-state index >= 15 is 0 Å². The molecule has 0 aliphatic carbocycles. The molecular weight excluding hydrogens is 270 g/mol. The quantitative estimate of drug-likeness (QED) is 0.467. The number of rotatable bonds is 2. The van der Waals surface area contributed by atoms with Crippen LogP contribution in [0.1, 0.15) is 25.3 Å². The standard InChI is InChI=1S/C20H17NO/c1-13(2)14-6-3-7-15(12-14)16-8-4-9-17-19-18(22-20(16)17)10-5-11-21-19/h3-13H,1-2H3. The van der Waals surface area contributed by atoms with Crippen molar-refractivity contribution in [3.63, 3.8) is 0 Å². The van der Waals surface area contributed by atoms with Gasteiger partial charge in [0.1, 0.15) is 11.1 Å². The van der Waals surface area contributed by atoms with Crippen LogP contribution in [0.5, 0.6) is 0 Å². The number of para-hydroxylation sites is 1. The predicted molar refractivity (Wildman–Crippen MR) is 91.0 cm³/mol. The van der Waals surface area contributed by atoms with Crippen LogP contribution < -0.4 is 0 Å². The van der Waals surface area contributed by atoms with Gasteiger partial charge in [-0.3, -0.25) is 4.98 Å². The molecule has 0 N–H and O–H groups in total. The molecule has 0 amide bonds. The third kappa shape index (κ3) is 2.00. The van der Waals surface area contributed by atoms with E-state index < -0.39 is 0 Å². The Balaban J connectivity index is 2.01. The summed E-state index contributed by atoms with van der Waals surface area (Å²) in [7, 11) is 0. The van der Waals surface area contributed by atoms with Crippen LogP contribution in [0, 0.1) is 0 Å². The number of hydrogen-bond donors (Lipinski definition) is 0. The lowest BCUT2D eigenvalue weighted by Gasteiger charge is -2.08. The van der Waals surface area contributed by atoms with Gasteiger partial charge in [-0.05, 0) is 35.2 Å². The second kappa shape index (κ2) is 4.99. The molecule has 0 aliphatic heterocycles. The number of nitrogens with zero attached hydrogens (tertiary/aromatic N) is 1. The third-order valence-electron chi connectivity index (χ3n) is 4.12. The van der Waals surface area contributed by atoms with Crippen molar-refractivity contribution in [1.29, 1.82) is 0 Å². The first-order valence-corrected chi connectivity index (χ1v) is 7.60. The third-order valence-corrected chi connectivity index (χ3v) is 4.12. The Morgan fingerprint density at radius 1 is 0.955 bits per heavy atom. The Morgan fingerprint density at radius 3 is 2.68 bits per heavy atom. The van der Waals surface area contributed by atoms with Crippen LogP contribution in [0.2, 0.25) is 0 Å². The molecule has 0 atom stereocenters. The molecule has 0 aliphatic rings. The maximum atomic E-state index is 6.08. The molecule has 0 bridgehead atoms. The zero-order valence-corrected chi connectivity index (χ0v) is 12.7. The van der Waals surface area contributed by atoms with Crippen molar-refractivity contribution in [2.45, 2.75) is 19.8 Å². The van der Waals surface area contributed by atoms with Crippen LogP contribution in [0.15, 0.2) is 65.2 Å². The van der Waals surface area contributed by atoms with Crippen molar-refractivity contribution in [3.8, 4) is 11.1 Å². The van der Waals surface area contributed by atoms with Crippen molar-refractivity contribution in [2.75, 3.05) is 0 Å². The maximum Gasteiger partial charge on any atom is 0.153 e. The minimum Gasteiger partial charge on any atom is -0.454 e. The molecule has 2 heterocycles. The van der Waals surface area contributed by atoms with Crippen LogP contribution in [-0.2, 0) is 0 Å². The van der Waals surface area contributed by atoms with Gasteiger partial charge in [-0.1, -0.05) is 50.2 Å². The van der Waals surface area contributed by atoms with Crippen molar-refractivity contribution in [1.82, 2.24) is 4.98 Å². The van der Waals surface area contributed by atoms with E-state index in [4.69, 9.17) is 4.42 Å². The number of fused-ring (bicyclic) bond motifs is 3. The minimum absolute atomic E-state index is 0.511. The van der Waals surface area contributed by atoms with Crippen molar-refractivity contribution >= 4 is 22.1 Å². The summed E-state index contributed by atoms with van der Waals surface area (Å²) in [6.07, 6.45) is 1.81. The highest BCUT2D eigenvalue weighted by atomic mass is 16.3. The van der Waals surface area contributed by atoms with E-state index in [0.717, 1.165) is 27.6 Å². The van der Waals surface area contributed by atoms with Gasteiger partial charge in [-0.15, -0.1) is 0 Å². The molecule has 2 heteroatoms. The molecule has 4 aromatic rings. The molecule has 0 saturated heterocycles. The first-order valence-electron chi connectivity index (χ1n) is 7.60. The monoisotopic (exact) mass is 287 g/mol. The highest BCUT2D eigenvalue weighted by Gasteiger charge is 2.13. The van der Waals surface area contributed by atoms with Crippen molar-refractivity contribution in [3.05, 3.63) is 66.4 Å². The zero-order chi connectivity index (χ0) is 15.1. The SMILES string of the molecule is CC(C)c1cccc(-c2cccc3c2oc2cccnc23)c1. The number of pyridine rings is 1. The molecule has 108 valence electrons. The highest BCUT2D eigenvalue weighted by Crippen LogP contribution is 2.35. The Labute approximate surface area is 129 Å². The van der Waals surface area contributed by atoms with Gasteiger partial charge in [-0.25, -0.2) is 0 Å². The lowest BCUT2D eigenvalue weighted by molar-refractivity contribution is 0.669. The average molecular weight is 287 g/mol. The van der Waals surface area contributed by atoms with E-state index in [0.29, 0.717) is 5.92 Å². The summed E-state index contributed by atoms with van der Waals surface area (Å²) in [6.45, 7) is 4.43. The van der Waals surface area contributed by atoms with E-state index in [1.807, 2.05) is 18.3 Å². The molecule has 4 rings (SSSR count). The Bertz CT molecular complexity index is 966. The van der Waals surface area contributed by atoms with Gasteiger partial charge in [0.2, 0.25) is 0 Å². The summed E-state index contributed by atoms with van der Waals surface area (Å²) < 4.78 is 6.08. The first kappa shape index (κ1) is 13.1. The Kier molecular flexibility index (Phi) is 2.97. The fourth-order valence-corrected chi connectivity index (χ4v) is 2.91. The normalized spacial score (nSPS) is 11.6.